The van der Waals surface area contributed by atoms with Gasteiger partial charge in [-0.2, -0.15) is 17.7 Å². The molecule has 0 N–H and O–H groups in total. The zero-order valence-electron chi connectivity index (χ0n) is 7.44. The third-order valence-corrected chi connectivity index (χ3v) is 2.16. The van der Waals surface area contributed by atoms with Gasteiger partial charge in [-0.15, -0.1) is 0 Å². The summed E-state index contributed by atoms with van der Waals surface area (Å²) in [6, 6.07) is 4.01. The van der Waals surface area contributed by atoms with E-state index in [9.17, 15) is 0 Å². The second-order valence-electron chi connectivity index (χ2n) is 2.96. The minimum absolute atomic E-state index is 0.788. The number of nitrogens with zero attached hydrogens (tertiary/aromatic N) is 3. The van der Waals surface area contributed by atoms with Crippen LogP contribution in [0.5, 0.6) is 0 Å². The first-order valence-corrected chi connectivity index (χ1v) is 4.86. The van der Waals surface area contributed by atoms with E-state index in [0.29, 0.717) is 0 Å². The van der Waals surface area contributed by atoms with E-state index in [4.69, 9.17) is 0 Å². The van der Waals surface area contributed by atoms with Crippen molar-refractivity contribution in [3.63, 3.8) is 0 Å². The molecule has 2 heterocycles. The van der Waals surface area contributed by atoms with Crippen molar-refractivity contribution >= 4 is 18.3 Å². The summed E-state index contributed by atoms with van der Waals surface area (Å²) >= 11 is 4.15. The highest BCUT2D eigenvalue weighted by Gasteiger charge is 2.03. The zero-order valence-corrected chi connectivity index (χ0v) is 8.33. The van der Waals surface area contributed by atoms with Crippen LogP contribution in [0.1, 0.15) is 11.4 Å². The molecule has 0 saturated heterocycles. The summed E-state index contributed by atoms with van der Waals surface area (Å²) in [6.07, 6.45) is 2.74. The van der Waals surface area contributed by atoms with Crippen molar-refractivity contribution in [1.82, 2.24) is 14.6 Å². The lowest BCUT2D eigenvalue weighted by atomic mass is 10.3. The highest BCUT2D eigenvalue weighted by molar-refractivity contribution is 7.80. The van der Waals surface area contributed by atoms with Crippen molar-refractivity contribution in [3.8, 4) is 0 Å². The quantitative estimate of drug-likeness (QED) is 0.733. The molecular weight excluding hydrogens is 182 g/mol. The first kappa shape index (κ1) is 8.56. The third-order valence-electron chi connectivity index (χ3n) is 1.94. The lowest BCUT2D eigenvalue weighted by Gasteiger charge is -1.92. The molecule has 0 spiro atoms. The molecule has 2 aromatic heterocycles. The number of fused-ring (bicyclic) bond motifs is 1. The Balaban J connectivity index is 2.55. The predicted molar refractivity (Wildman–Crippen MR) is 55.3 cm³/mol. The zero-order chi connectivity index (χ0) is 9.26. The summed E-state index contributed by atoms with van der Waals surface area (Å²) in [5, 5.41) is 4.32. The first-order valence-electron chi connectivity index (χ1n) is 4.23. The number of hydrogen-bond acceptors (Lipinski definition) is 3. The van der Waals surface area contributed by atoms with Crippen molar-refractivity contribution in [2.24, 2.45) is 0 Å². The molecule has 0 atom stereocenters. The summed E-state index contributed by atoms with van der Waals surface area (Å²) < 4.78 is 1.81. The van der Waals surface area contributed by atoms with E-state index < -0.39 is 0 Å². The van der Waals surface area contributed by atoms with Crippen molar-refractivity contribution < 1.29 is 0 Å². The van der Waals surface area contributed by atoms with Crippen LogP contribution >= 0.6 is 12.6 Å². The fraction of sp³-hybridized carbons (Fsp3) is 0.333. The number of aromatic nitrogens is 3. The minimum atomic E-state index is 0.788. The van der Waals surface area contributed by atoms with Gasteiger partial charge in [-0.05, 0) is 24.3 Å². The largest absolute Gasteiger partial charge is 0.221 e. The average Bonchev–Trinajstić information content (AvgIpc) is 2.49. The van der Waals surface area contributed by atoms with Crippen LogP contribution in [0.4, 0.5) is 0 Å². The second kappa shape index (κ2) is 3.38. The van der Waals surface area contributed by atoms with Crippen LogP contribution in [0.2, 0.25) is 0 Å². The molecule has 0 radical (unpaired) electrons. The lowest BCUT2D eigenvalue weighted by molar-refractivity contribution is 0.889. The van der Waals surface area contributed by atoms with E-state index >= 15 is 0 Å². The van der Waals surface area contributed by atoms with Crippen LogP contribution in [0.3, 0.4) is 0 Å². The number of hydrogen-bond donors (Lipinski definition) is 1. The molecule has 0 unspecified atom stereocenters. The number of thiol groups is 1. The number of pyridine rings is 1. The molecule has 0 aliphatic carbocycles. The van der Waals surface area contributed by atoms with Gasteiger partial charge in [-0.1, -0.05) is 6.07 Å². The van der Waals surface area contributed by atoms with Gasteiger partial charge in [0.1, 0.15) is 0 Å². The van der Waals surface area contributed by atoms with Crippen molar-refractivity contribution in [2.45, 2.75) is 13.3 Å². The van der Waals surface area contributed by atoms with Crippen LogP contribution in [0.25, 0.3) is 5.65 Å². The lowest BCUT2D eigenvalue weighted by Crippen LogP contribution is -1.90. The van der Waals surface area contributed by atoms with E-state index in [0.717, 1.165) is 29.2 Å². The molecule has 2 aromatic rings. The molecule has 0 fully saturated rings. The van der Waals surface area contributed by atoms with Crippen molar-refractivity contribution in [2.75, 3.05) is 5.75 Å². The van der Waals surface area contributed by atoms with E-state index in [2.05, 4.69) is 22.7 Å². The highest BCUT2D eigenvalue weighted by atomic mass is 32.1. The highest BCUT2D eigenvalue weighted by Crippen LogP contribution is 2.07. The van der Waals surface area contributed by atoms with Gasteiger partial charge in [0.15, 0.2) is 11.5 Å². The Bertz CT molecular complexity index is 422. The van der Waals surface area contributed by atoms with Gasteiger partial charge in [0.25, 0.3) is 0 Å². The first-order chi connectivity index (χ1) is 6.31. The van der Waals surface area contributed by atoms with Crippen molar-refractivity contribution in [1.29, 1.82) is 0 Å². The maximum atomic E-state index is 4.40. The van der Waals surface area contributed by atoms with Gasteiger partial charge in [-0.25, -0.2) is 9.50 Å². The fourth-order valence-electron chi connectivity index (χ4n) is 1.29. The summed E-state index contributed by atoms with van der Waals surface area (Å²) in [4.78, 5) is 4.40. The molecule has 0 aliphatic heterocycles. The summed E-state index contributed by atoms with van der Waals surface area (Å²) in [5.74, 6) is 1.65. The topological polar surface area (TPSA) is 30.2 Å². The van der Waals surface area contributed by atoms with Gasteiger partial charge in [0.05, 0.1) is 0 Å². The Morgan fingerprint density at radius 3 is 3.08 bits per heavy atom. The maximum absolute atomic E-state index is 4.40. The fourth-order valence-corrected chi connectivity index (χ4v) is 1.49. The molecule has 0 bridgehead atoms. The van der Waals surface area contributed by atoms with Gasteiger partial charge >= 0.3 is 0 Å². The molecule has 0 saturated carbocycles. The molecule has 13 heavy (non-hydrogen) atoms. The van der Waals surface area contributed by atoms with E-state index in [1.807, 2.05) is 29.8 Å². The standard InChI is InChI=1S/C9H11N3S/c1-7-3-2-5-12-9(7)10-8(11-12)4-6-13/h2-3,5,13H,4,6H2,1H3. The Morgan fingerprint density at radius 2 is 2.38 bits per heavy atom. The summed E-state index contributed by atoms with van der Waals surface area (Å²) in [6.45, 7) is 2.04. The van der Waals surface area contributed by atoms with E-state index in [-0.39, 0.29) is 0 Å². The molecule has 2 rings (SSSR count). The normalized spacial score (nSPS) is 10.9. The predicted octanol–water partition coefficient (Wildman–Crippen LogP) is 1.51. The van der Waals surface area contributed by atoms with Crippen LogP contribution in [-0.2, 0) is 6.42 Å². The van der Waals surface area contributed by atoms with E-state index in [1.165, 1.54) is 0 Å². The smallest absolute Gasteiger partial charge is 0.158 e. The Kier molecular flexibility index (Phi) is 2.22. The van der Waals surface area contributed by atoms with Gasteiger partial charge < -0.3 is 0 Å². The number of aryl methyl sites for hydroxylation is 2. The van der Waals surface area contributed by atoms with Gasteiger partial charge in [0.2, 0.25) is 0 Å². The molecule has 0 amide bonds. The van der Waals surface area contributed by atoms with E-state index in [1.54, 1.807) is 0 Å². The Hall–Kier alpha value is -1.03. The monoisotopic (exact) mass is 193 g/mol. The Morgan fingerprint density at radius 1 is 1.54 bits per heavy atom. The maximum Gasteiger partial charge on any atom is 0.158 e. The third kappa shape index (κ3) is 1.54. The number of rotatable bonds is 2. The van der Waals surface area contributed by atoms with Gasteiger partial charge in [0, 0.05) is 12.6 Å². The van der Waals surface area contributed by atoms with Crippen LogP contribution in [0.15, 0.2) is 18.3 Å². The molecule has 4 heteroatoms. The summed E-state index contributed by atoms with van der Waals surface area (Å²) in [7, 11) is 0. The van der Waals surface area contributed by atoms with Gasteiger partial charge in [-0.3, -0.25) is 0 Å². The van der Waals surface area contributed by atoms with Crippen molar-refractivity contribution in [3.05, 3.63) is 29.7 Å². The average molecular weight is 193 g/mol. The van der Waals surface area contributed by atoms with Crippen LogP contribution < -0.4 is 0 Å². The SMILES string of the molecule is Cc1cccn2nc(CCS)nc12. The molecule has 0 aliphatic rings. The summed E-state index contributed by atoms with van der Waals surface area (Å²) in [5.41, 5.74) is 2.10. The molecule has 3 nitrogen and oxygen atoms in total. The second-order valence-corrected chi connectivity index (χ2v) is 3.41. The molecule has 0 aromatic carbocycles. The molecule has 68 valence electrons. The minimum Gasteiger partial charge on any atom is -0.221 e. The molecular formula is C9H11N3S. The Labute approximate surface area is 82.2 Å². The van der Waals surface area contributed by atoms with Crippen LogP contribution in [0, 0.1) is 6.92 Å². The van der Waals surface area contributed by atoms with Crippen LogP contribution in [-0.4, -0.2) is 20.4 Å².